The molecule has 0 saturated carbocycles. The summed E-state index contributed by atoms with van der Waals surface area (Å²) in [5, 5.41) is 22.6. The first-order chi connectivity index (χ1) is 16.2. The Morgan fingerprint density at radius 3 is 2.59 bits per heavy atom. The minimum absolute atomic E-state index is 0.0392. The lowest BCUT2D eigenvalue weighted by Gasteiger charge is -2.42. The zero-order valence-electron chi connectivity index (χ0n) is 19.0. The van der Waals surface area contributed by atoms with Gasteiger partial charge in [-0.3, -0.25) is 14.4 Å². The van der Waals surface area contributed by atoms with E-state index in [1.54, 1.807) is 32.9 Å². The molecule has 34 heavy (non-hydrogen) atoms. The van der Waals surface area contributed by atoms with Gasteiger partial charge in [-0.1, -0.05) is 23.5 Å². The summed E-state index contributed by atoms with van der Waals surface area (Å²) in [5.74, 6) is -1.94. The van der Waals surface area contributed by atoms with E-state index in [-0.39, 0.29) is 34.5 Å². The highest BCUT2D eigenvalue weighted by Gasteiger charge is 2.46. The minimum Gasteiger partial charge on any atom is -0.503 e. The molecule has 1 aromatic carbocycles. The quantitative estimate of drug-likeness (QED) is 0.552. The fraction of sp³-hybridized carbons (Fsp3) is 0.348. The van der Waals surface area contributed by atoms with Gasteiger partial charge in [-0.25, -0.2) is 4.39 Å². The summed E-state index contributed by atoms with van der Waals surface area (Å²) >= 11 is 1.15. The Morgan fingerprint density at radius 1 is 1.24 bits per heavy atom. The van der Waals surface area contributed by atoms with Crippen molar-refractivity contribution in [1.82, 2.24) is 25.0 Å². The summed E-state index contributed by atoms with van der Waals surface area (Å²) in [7, 11) is 0. The maximum atomic E-state index is 13.2. The molecular formula is C23H24FN5O4S. The van der Waals surface area contributed by atoms with Crippen molar-refractivity contribution in [3.63, 3.8) is 0 Å². The van der Waals surface area contributed by atoms with E-state index in [0.717, 1.165) is 16.9 Å². The van der Waals surface area contributed by atoms with Gasteiger partial charge >= 0.3 is 0 Å². The molecular weight excluding hydrogens is 461 g/mol. The van der Waals surface area contributed by atoms with Crippen LogP contribution in [0.5, 0.6) is 5.75 Å². The highest BCUT2D eigenvalue weighted by Crippen LogP contribution is 2.33. The van der Waals surface area contributed by atoms with Crippen LogP contribution in [0.3, 0.4) is 0 Å². The topological polar surface area (TPSA) is 117 Å². The van der Waals surface area contributed by atoms with Gasteiger partial charge in [-0.05, 0) is 38.5 Å². The lowest BCUT2D eigenvalue weighted by molar-refractivity contribution is -0.130. The van der Waals surface area contributed by atoms with Crippen LogP contribution in [0.25, 0.3) is 10.6 Å². The Bertz CT molecular complexity index is 1320. The van der Waals surface area contributed by atoms with Crippen LogP contribution in [0.1, 0.15) is 41.8 Å². The average Bonchev–Trinajstić information content (AvgIpc) is 3.27. The summed E-state index contributed by atoms with van der Waals surface area (Å²) < 4.78 is 14.5. The van der Waals surface area contributed by atoms with Crippen LogP contribution < -0.4 is 10.7 Å². The molecule has 0 unspecified atom stereocenters. The van der Waals surface area contributed by atoms with Gasteiger partial charge in [0.05, 0.1) is 12.1 Å². The lowest BCUT2D eigenvalue weighted by Crippen LogP contribution is -2.59. The zero-order valence-corrected chi connectivity index (χ0v) is 19.8. The Labute approximate surface area is 198 Å². The van der Waals surface area contributed by atoms with Crippen LogP contribution in [0.15, 0.2) is 35.3 Å². The molecule has 2 aromatic heterocycles. The Morgan fingerprint density at radius 2 is 1.94 bits per heavy atom. The van der Waals surface area contributed by atoms with Gasteiger partial charge in [-0.2, -0.15) is 0 Å². The maximum Gasteiger partial charge on any atom is 0.274 e. The minimum atomic E-state index is -1.25. The third-order valence-corrected chi connectivity index (χ3v) is 6.83. The molecule has 0 bridgehead atoms. The first-order valence-corrected chi connectivity index (χ1v) is 11.6. The van der Waals surface area contributed by atoms with Crippen LogP contribution in [0, 0.1) is 5.82 Å². The lowest BCUT2D eigenvalue weighted by atomic mass is 9.94. The molecule has 178 valence electrons. The highest BCUT2D eigenvalue weighted by molar-refractivity contribution is 7.14. The number of carbonyl (C=O) groups excluding carboxylic acids is 2. The largest absolute Gasteiger partial charge is 0.503 e. The number of hydrogen-bond donors (Lipinski definition) is 2. The monoisotopic (exact) mass is 485 g/mol. The number of likely N-dealkylation sites (N-methyl/N-ethyl adjacent to an activating group) is 2. The van der Waals surface area contributed by atoms with Crippen molar-refractivity contribution < 1.29 is 19.1 Å². The fourth-order valence-corrected chi connectivity index (χ4v) is 4.90. The molecule has 1 aliphatic heterocycles. The van der Waals surface area contributed by atoms with Gasteiger partial charge in [0, 0.05) is 25.7 Å². The standard InChI is InChI=1S/C23H24FN5O4S/c1-4-25-22(33)23(3)12-28(5-2)21(32)17-19(31)18(30)15(11-29(17)23)20-27-26-16(34-20)10-13-6-8-14(24)9-7-13/h6-9,11,31H,4-5,10,12H2,1-3H3,(H,25,33)/t23-/m1/s1. The smallest absolute Gasteiger partial charge is 0.274 e. The van der Waals surface area contributed by atoms with Crippen molar-refractivity contribution in [3.8, 4) is 16.3 Å². The number of benzene rings is 1. The second kappa shape index (κ2) is 8.98. The predicted molar refractivity (Wildman–Crippen MR) is 124 cm³/mol. The van der Waals surface area contributed by atoms with E-state index in [4.69, 9.17) is 0 Å². The van der Waals surface area contributed by atoms with Crippen LogP contribution >= 0.6 is 11.3 Å². The third kappa shape index (κ3) is 3.96. The summed E-state index contributed by atoms with van der Waals surface area (Å²) in [5.41, 5.74) is -1.39. The Hall–Kier alpha value is -3.60. The molecule has 3 heterocycles. The molecule has 9 nitrogen and oxygen atoms in total. The van der Waals surface area contributed by atoms with Crippen LogP contribution in [-0.2, 0) is 16.8 Å². The molecule has 0 aliphatic carbocycles. The summed E-state index contributed by atoms with van der Waals surface area (Å²) in [6.07, 6.45) is 1.79. The molecule has 0 fully saturated rings. The second-order valence-corrected chi connectivity index (χ2v) is 9.26. The van der Waals surface area contributed by atoms with Gasteiger partial charge in [0.2, 0.25) is 11.3 Å². The molecule has 2 N–H and O–H groups in total. The molecule has 2 amide bonds. The number of fused-ring (bicyclic) bond motifs is 1. The second-order valence-electron chi connectivity index (χ2n) is 8.20. The zero-order chi connectivity index (χ0) is 24.6. The van der Waals surface area contributed by atoms with Gasteiger partial charge < -0.3 is 19.9 Å². The number of carbonyl (C=O) groups is 2. The number of rotatable bonds is 6. The van der Waals surface area contributed by atoms with E-state index in [2.05, 4.69) is 15.5 Å². The number of pyridine rings is 1. The van der Waals surface area contributed by atoms with E-state index in [1.165, 1.54) is 27.8 Å². The Kier molecular flexibility index (Phi) is 6.22. The number of nitrogens with one attached hydrogen (secondary N) is 1. The van der Waals surface area contributed by atoms with E-state index in [1.807, 2.05) is 0 Å². The SMILES string of the molecule is CCNC(=O)[C@@]1(C)CN(CC)C(=O)c2c(O)c(=O)c(-c3nnc(Cc4ccc(F)cc4)s3)cn21. The predicted octanol–water partition coefficient (Wildman–Crippen LogP) is 2.13. The van der Waals surface area contributed by atoms with Gasteiger partial charge in [0.15, 0.2) is 16.5 Å². The summed E-state index contributed by atoms with van der Waals surface area (Å²) in [6.45, 7) is 5.97. The van der Waals surface area contributed by atoms with Crippen molar-refractivity contribution in [1.29, 1.82) is 0 Å². The molecule has 1 atom stereocenters. The van der Waals surface area contributed by atoms with Gasteiger partial charge in [-0.15, -0.1) is 10.2 Å². The molecule has 0 spiro atoms. The van der Waals surface area contributed by atoms with Crippen molar-refractivity contribution in [2.45, 2.75) is 32.7 Å². The number of aromatic nitrogens is 3. The van der Waals surface area contributed by atoms with Gasteiger partial charge in [0.25, 0.3) is 5.91 Å². The summed E-state index contributed by atoms with van der Waals surface area (Å²) in [4.78, 5) is 40.5. The van der Waals surface area contributed by atoms with Gasteiger partial charge in [0.1, 0.15) is 16.4 Å². The molecule has 4 rings (SSSR count). The van der Waals surface area contributed by atoms with Crippen LogP contribution in [-0.4, -0.2) is 56.2 Å². The van der Waals surface area contributed by atoms with E-state index < -0.39 is 22.6 Å². The first kappa shape index (κ1) is 23.6. The maximum absolute atomic E-state index is 13.2. The molecule has 3 aromatic rings. The fourth-order valence-electron chi connectivity index (χ4n) is 4.02. The number of nitrogens with zero attached hydrogens (tertiary/aromatic N) is 4. The van der Waals surface area contributed by atoms with Crippen molar-refractivity contribution in [3.05, 3.63) is 62.8 Å². The van der Waals surface area contributed by atoms with Crippen molar-refractivity contribution in [2.75, 3.05) is 19.6 Å². The first-order valence-electron chi connectivity index (χ1n) is 10.8. The number of aromatic hydroxyl groups is 1. The van der Waals surface area contributed by atoms with E-state index >= 15 is 0 Å². The number of hydrogen-bond acceptors (Lipinski definition) is 7. The third-order valence-electron chi connectivity index (χ3n) is 5.88. The van der Waals surface area contributed by atoms with Crippen molar-refractivity contribution in [2.24, 2.45) is 0 Å². The summed E-state index contributed by atoms with van der Waals surface area (Å²) in [6, 6.07) is 5.98. The van der Waals surface area contributed by atoms with E-state index in [0.29, 0.717) is 24.5 Å². The number of halogens is 1. The molecule has 11 heteroatoms. The van der Waals surface area contributed by atoms with Crippen LogP contribution in [0.2, 0.25) is 0 Å². The number of amides is 2. The average molecular weight is 486 g/mol. The molecule has 0 saturated heterocycles. The van der Waals surface area contributed by atoms with Crippen molar-refractivity contribution >= 4 is 23.2 Å². The molecule has 1 aliphatic rings. The molecule has 0 radical (unpaired) electrons. The highest BCUT2D eigenvalue weighted by atomic mass is 32.1. The normalized spacial score (nSPS) is 17.5. The van der Waals surface area contributed by atoms with Crippen LogP contribution in [0.4, 0.5) is 4.39 Å². The Balaban J connectivity index is 1.81. The van der Waals surface area contributed by atoms with E-state index in [9.17, 15) is 23.9 Å².